The summed E-state index contributed by atoms with van der Waals surface area (Å²) >= 11 is 24.2. The summed E-state index contributed by atoms with van der Waals surface area (Å²) in [6.07, 6.45) is 1.68. The lowest BCUT2D eigenvalue weighted by Crippen LogP contribution is -2.52. The molecule has 0 aromatic heterocycles. The Morgan fingerprint density at radius 3 is 2.03 bits per heavy atom. The Bertz CT molecular complexity index is 1190. The van der Waals surface area contributed by atoms with Crippen LogP contribution < -0.4 is 9.62 Å². The number of nitrogens with zero attached hydrogens (tertiary/aromatic N) is 2. The van der Waals surface area contributed by atoms with Crippen molar-refractivity contribution >= 4 is 73.9 Å². The van der Waals surface area contributed by atoms with E-state index < -0.39 is 28.5 Å². The normalized spacial score (nSPS) is 13.1. The minimum atomic E-state index is -3.89. The Hall–Kier alpha value is -1.71. The molecule has 0 spiro atoms. The molecule has 35 heavy (non-hydrogen) atoms. The Kier molecular flexibility index (Phi) is 10.5. The Morgan fingerprint density at radius 2 is 1.51 bits per heavy atom. The number of sulfonamides is 1. The van der Waals surface area contributed by atoms with Crippen molar-refractivity contribution in [1.29, 1.82) is 0 Å². The molecule has 0 heterocycles. The topological polar surface area (TPSA) is 86.8 Å². The van der Waals surface area contributed by atoms with Crippen molar-refractivity contribution in [2.45, 2.75) is 45.8 Å². The van der Waals surface area contributed by atoms with Crippen LogP contribution in [0.5, 0.6) is 0 Å². The highest BCUT2D eigenvalue weighted by molar-refractivity contribution is 7.92. The Labute approximate surface area is 226 Å². The molecule has 7 nitrogen and oxygen atoms in total. The second kappa shape index (κ2) is 12.5. The van der Waals surface area contributed by atoms with Gasteiger partial charge >= 0.3 is 0 Å². The molecule has 0 aliphatic heterocycles. The lowest BCUT2D eigenvalue weighted by atomic mass is 10.1. The van der Waals surface area contributed by atoms with E-state index in [-0.39, 0.29) is 34.2 Å². The first-order valence-electron chi connectivity index (χ1n) is 10.7. The van der Waals surface area contributed by atoms with E-state index in [0.717, 1.165) is 10.6 Å². The monoisotopic (exact) mass is 581 g/mol. The standard InChI is InChI=1S/C23H27Cl4N3O4S/c1-5-14(2)28-23(32)15(3)29(12-16-6-8-18(24)20(26)10-16)22(31)13-30(35(4,33)34)17-7-9-19(25)21(27)11-17/h6-11,14-15H,5,12-13H2,1-4H3,(H,28,32)/t14-,15-/m0/s1. The Balaban J connectivity index is 2.43. The van der Waals surface area contributed by atoms with Crippen LogP contribution in [-0.4, -0.2) is 50.0 Å². The molecular weight excluding hydrogens is 556 g/mol. The number of rotatable bonds is 10. The van der Waals surface area contributed by atoms with Crippen LogP contribution in [0.4, 0.5) is 5.69 Å². The number of benzene rings is 2. The van der Waals surface area contributed by atoms with Crippen LogP contribution in [0.2, 0.25) is 20.1 Å². The highest BCUT2D eigenvalue weighted by Gasteiger charge is 2.30. The third kappa shape index (κ3) is 8.15. The van der Waals surface area contributed by atoms with E-state index in [0.29, 0.717) is 22.0 Å². The second-order valence-corrected chi connectivity index (χ2v) is 11.7. The molecule has 0 fully saturated rings. The summed E-state index contributed by atoms with van der Waals surface area (Å²) in [6, 6.07) is 8.11. The average molecular weight is 583 g/mol. The summed E-state index contributed by atoms with van der Waals surface area (Å²) in [5.74, 6) is -0.965. The van der Waals surface area contributed by atoms with Gasteiger partial charge in [0.25, 0.3) is 0 Å². The van der Waals surface area contributed by atoms with Gasteiger partial charge in [0.05, 0.1) is 32.0 Å². The van der Waals surface area contributed by atoms with E-state index in [4.69, 9.17) is 46.4 Å². The number of nitrogens with one attached hydrogen (secondary N) is 1. The number of hydrogen-bond acceptors (Lipinski definition) is 4. The molecule has 0 saturated heterocycles. The quantitative estimate of drug-likeness (QED) is 0.406. The van der Waals surface area contributed by atoms with E-state index >= 15 is 0 Å². The first-order valence-corrected chi connectivity index (χ1v) is 14.1. The lowest BCUT2D eigenvalue weighted by molar-refractivity contribution is -0.139. The van der Waals surface area contributed by atoms with Crippen molar-refractivity contribution in [3.05, 3.63) is 62.1 Å². The van der Waals surface area contributed by atoms with Gasteiger partial charge in [-0.1, -0.05) is 59.4 Å². The third-order valence-corrected chi connectivity index (χ3v) is 7.99. The first-order chi connectivity index (χ1) is 16.2. The fourth-order valence-electron chi connectivity index (χ4n) is 3.14. The van der Waals surface area contributed by atoms with Crippen LogP contribution in [0.1, 0.15) is 32.8 Å². The molecule has 192 valence electrons. The summed E-state index contributed by atoms with van der Waals surface area (Å²) in [6.45, 7) is 4.81. The molecule has 2 atom stereocenters. The molecule has 0 bridgehead atoms. The molecule has 0 unspecified atom stereocenters. The molecule has 0 saturated carbocycles. The number of amides is 2. The number of anilines is 1. The molecule has 2 amide bonds. The predicted octanol–water partition coefficient (Wildman–Crippen LogP) is 5.40. The molecule has 2 aromatic rings. The Morgan fingerprint density at radius 1 is 0.943 bits per heavy atom. The van der Waals surface area contributed by atoms with Crippen molar-refractivity contribution in [2.24, 2.45) is 0 Å². The van der Waals surface area contributed by atoms with Gasteiger partial charge < -0.3 is 10.2 Å². The first kappa shape index (κ1) is 29.5. The SMILES string of the molecule is CC[C@H](C)NC(=O)[C@H](C)N(Cc1ccc(Cl)c(Cl)c1)C(=O)CN(c1ccc(Cl)c(Cl)c1)S(C)(=O)=O. The van der Waals surface area contributed by atoms with Gasteiger partial charge in [-0.3, -0.25) is 13.9 Å². The highest BCUT2D eigenvalue weighted by Crippen LogP contribution is 2.29. The van der Waals surface area contributed by atoms with Crippen LogP contribution in [0.15, 0.2) is 36.4 Å². The lowest BCUT2D eigenvalue weighted by Gasteiger charge is -2.32. The number of carbonyl (C=O) groups is 2. The molecule has 1 N–H and O–H groups in total. The van der Waals surface area contributed by atoms with Crippen LogP contribution in [0.3, 0.4) is 0 Å². The molecule has 0 aliphatic rings. The summed E-state index contributed by atoms with van der Waals surface area (Å²) in [5.41, 5.74) is 0.790. The van der Waals surface area contributed by atoms with E-state index in [2.05, 4.69) is 5.32 Å². The highest BCUT2D eigenvalue weighted by atomic mass is 35.5. The van der Waals surface area contributed by atoms with Crippen molar-refractivity contribution in [2.75, 3.05) is 17.1 Å². The van der Waals surface area contributed by atoms with Gasteiger partial charge in [-0.05, 0) is 56.2 Å². The molecular formula is C23H27Cl4N3O4S. The summed E-state index contributed by atoms with van der Waals surface area (Å²) in [5, 5.41) is 3.88. The van der Waals surface area contributed by atoms with Gasteiger partial charge in [0.2, 0.25) is 21.8 Å². The second-order valence-electron chi connectivity index (χ2n) is 8.13. The predicted molar refractivity (Wildman–Crippen MR) is 143 cm³/mol. The van der Waals surface area contributed by atoms with Gasteiger partial charge in [-0.15, -0.1) is 0 Å². The van der Waals surface area contributed by atoms with E-state index in [1.54, 1.807) is 25.1 Å². The van der Waals surface area contributed by atoms with Gasteiger partial charge in [0.15, 0.2) is 0 Å². The average Bonchev–Trinajstić information content (AvgIpc) is 2.78. The largest absolute Gasteiger partial charge is 0.352 e. The minimum absolute atomic E-state index is 0.00376. The van der Waals surface area contributed by atoms with Crippen LogP contribution >= 0.6 is 46.4 Å². The fraction of sp³-hybridized carbons (Fsp3) is 0.391. The maximum absolute atomic E-state index is 13.5. The summed E-state index contributed by atoms with van der Waals surface area (Å²) in [7, 11) is -3.89. The molecule has 0 radical (unpaired) electrons. The fourth-order valence-corrected chi connectivity index (χ4v) is 4.59. The molecule has 2 aromatic carbocycles. The smallest absolute Gasteiger partial charge is 0.244 e. The number of halogens is 4. The van der Waals surface area contributed by atoms with Gasteiger partial charge in [-0.2, -0.15) is 0 Å². The van der Waals surface area contributed by atoms with Crippen molar-refractivity contribution in [1.82, 2.24) is 10.2 Å². The van der Waals surface area contributed by atoms with Gasteiger partial charge in [0, 0.05) is 12.6 Å². The van der Waals surface area contributed by atoms with Crippen LogP contribution in [0.25, 0.3) is 0 Å². The van der Waals surface area contributed by atoms with Gasteiger partial charge in [-0.25, -0.2) is 8.42 Å². The van der Waals surface area contributed by atoms with Crippen molar-refractivity contribution < 1.29 is 18.0 Å². The van der Waals surface area contributed by atoms with E-state index in [9.17, 15) is 18.0 Å². The number of carbonyl (C=O) groups excluding carboxylic acids is 2. The maximum atomic E-state index is 13.5. The van der Waals surface area contributed by atoms with Crippen molar-refractivity contribution in [3.8, 4) is 0 Å². The summed E-state index contributed by atoms with van der Waals surface area (Å²) < 4.78 is 26.1. The molecule has 12 heteroatoms. The van der Waals surface area contributed by atoms with Gasteiger partial charge in [0.1, 0.15) is 12.6 Å². The summed E-state index contributed by atoms with van der Waals surface area (Å²) in [4.78, 5) is 27.7. The number of hydrogen-bond donors (Lipinski definition) is 1. The molecule has 2 rings (SSSR count). The maximum Gasteiger partial charge on any atom is 0.244 e. The zero-order valence-electron chi connectivity index (χ0n) is 19.7. The minimum Gasteiger partial charge on any atom is -0.352 e. The zero-order chi connectivity index (χ0) is 26.5. The van der Waals surface area contributed by atoms with Crippen molar-refractivity contribution in [3.63, 3.8) is 0 Å². The van der Waals surface area contributed by atoms with E-state index in [1.807, 2.05) is 13.8 Å². The molecule has 0 aliphatic carbocycles. The van der Waals surface area contributed by atoms with E-state index in [1.165, 1.54) is 23.1 Å². The zero-order valence-corrected chi connectivity index (χ0v) is 23.5. The van der Waals surface area contributed by atoms with Crippen LogP contribution in [-0.2, 0) is 26.2 Å². The van der Waals surface area contributed by atoms with Crippen LogP contribution in [0, 0.1) is 0 Å². The third-order valence-electron chi connectivity index (χ3n) is 5.38.